The van der Waals surface area contributed by atoms with Gasteiger partial charge in [0, 0.05) is 26.3 Å². The highest BCUT2D eigenvalue weighted by molar-refractivity contribution is 5.81. The van der Waals surface area contributed by atoms with Crippen molar-refractivity contribution in [2.45, 2.75) is 85.1 Å². The predicted molar refractivity (Wildman–Crippen MR) is 118 cm³/mol. The summed E-state index contributed by atoms with van der Waals surface area (Å²) in [5, 5.41) is 12.9. The smallest absolute Gasteiger partial charge is 0.477 e. The third-order valence-electron chi connectivity index (χ3n) is 4.87. The van der Waals surface area contributed by atoms with Crippen LogP contribution >= 0.6 is 0 Å². The van der Waals surface area contributed by atoms with Crippen LogP contribution in [0.3, 0.4) is 0 Å². The SMILES string of the molecule is CCC(C)N[C@@](Cc1ccc(OC(C)=O)c(OC(C)=O)c1)(OC(=O)OC(C)(C)CC)C(=O)O. The van der Waals surface area contributed by atoms with Crippen molar-refractivity contribution < 1.29 is 43.2 Å². The molecule has 0 saturated carbocycles. The maximum atomic E-state index is 12.5. The molecule has 1 aromatic carbocycles. The number of benzene rings is 1. The van der Waals surface area contributed by atoms with Crippen LogP contribution in [-0.4, -0.2) is 46.5 Å². The van der Waals surface area contributed by atoms with Gasteiger partial charge in [0.1, 0.15) is 5.60 Å². The maximum Gasteiger partial charge on any atom is 0.511 e. The number of esters is 2. The van der Waals surface area contributed by atoms with Crippen molar-refractivity contribution in [2.75, 3.05) is 0 Å². The van der Waals surface area contributed by atoms with Crippen molar-refractivity contribution in [3.8, 4) is 11.5 Å². The zero-order valence-corrected chi connectivity index (χ0v) is 20.1. The molecule has 10 heteroatoms. The maximum absolute atomic E-state index is 12.5. The molecule has 2 atom stereocenters. The van der Waals surface area contributed by atoms with Gasteiger partial charge in [0.2, 0.25) is 0 Å². The Labute approximate surface area is 193 Å². The topological polar surface area (TPSA) is 137 Å². The number of carbonyl (C=O) groups is 4. The molecule has 0 amide bonds. The number of nitrogens with one attached hydrogen (secondary N) is 1. The number of hydrogen-bond acceptors (Lipinski definition) is 9. The first-order valence-corrected chi connectivity index (χ1v) is 10.7. The van der Waals surface area contributed by atoms with E-state index in [1.54, 1.807) is 20.8 Å². The van der Waals surface area contributed by atoms with Crippen LogP contribution in [0.5, 0.6) is 11.5 Å². The Balaban J connectivity index is 3.41. The lowest BCUT2D eigenvalue weighted by molar-refractivity contribution is -0.169. The Hall–Kier alpha value is -3.14. The van der Waals surface area contributed by atoms with Crippen LogP contribution in [0, 0.1) is 0 Å². The zero-order chi connectivity index (χ0) is 25.4. The van der Waals surface area contributed by atoms with Gasteiger partial charge in [-0.25, -0.2) is 9.59 Å². The van der Waals surface area contributed by atoms with Crippen LogP contribution in [-0.2, 0) is 30.3 Å². The van der Waals surface area contributed by atoms with Gasteiger partial charge in [-0.05, 0) is 51.3 Å². The third-order valence-corrected chi connectivity index (χ3v) is 4.87. The summed E-state index contributed by atoms with van der Waals surface area (Å²) in [7, 11) is 0. The largest absolute Gasteiger partial charge is 0.511 e. The minimum absolute atomic E-state index is 0.0118. The average molecular weight is 468 g/mol. The van der Waals surface area contributed by atoms with Crippen molar-refractivity contribution in [3.05, 3.63) is 23.8 Å². The van der Waals surface area contributed by atoms with Gasteiger partial charge in [-0.3, -0.25) is 14.9 Å². The van der Waals surface area contributed by atoms with Crippen molar-refractivity contribution in [2.24, 2.45) is 0 Å². The van der Waals surface area contributed by atoms with Crippen molar-refractivity contribution in [1.29, 1.82) is 0 Å². The van der Waals surface area contributed by atoms with Crippen molar-refractivity contribution in [1.82, 2.24) is 5.32 Å². The van der Waals surface area contributed by atoms with Gasteiger partial charge in [0.05, 0.1) is 0 Å². The Morgan fingerprint density at radius 2 is 1.58 bits per heavy atom. The van der Waals surface area contributed by atoms with Gasteiger partial charge in [0.15, 0.2) is 11.5 Å². The molecule has 0 aliphatic rings. The molecule has 0 bridgehead atoms. The fraction of sp³-hybridized carbons (Fsp3) is 0.565. The second kappa shape index (κ2) is 11.6. The number of carboxylic acid groups (broad SMARTS) is 1. The lowest BCUT2D eigenvalue weighted by Crippen LogP contribution is -2.60. The van der Waals surface area contributed by atoms with Gasteiger partial charge in [0.25, 0.3) is 5.72 Å². The number of aliphatic carboxylic acids is 1. The molecule has 0 heterocycles. The van der Waals surface area contributed by atoms with E-state index >= 15 is 0 Å². The summed E-state index contributed by atoms with van der Waals surface area (Å²) in [4.78, 5) is 47.7. The highest BCUT2D eigenvalue weighted by Crippen LogP contribution is 2.31. The molecular formula is C23H33NO9. The Morgan fingerprint density at radius 3 is 2.06 bits per heavy atom. The second-order valence-corrected chi connectivity index (χ2v) is 8.30. The third kappa shape index (κ3) is 8.72. The lowest BCUT2D eigenvalue weighted by Gasteiger charge is -2.34. The first kappa shape index (κ1) is 27.9. The molecule has 0 saturated heterocycles. The first-order chi connectivity index (χ1) is 15.2. The number of carboxylic acids is 1. The molecule has 1 aromatic rings. The summed E-state index contributed by atoms with van der Waals surface area (Å²) in [5.41, 5.74) is -2.69. The molecule has 184 valence electrons. The van der Waals surface area contributed by atoms with Crippen LogP contribution in [0.2, 0.25) is 0 Å². The van der Waals surface area contributed by atoms with Gasteiger partial charge < -0.3 is 24.1 Å². The van der Waals surface area contributed by atoms with E-state index in [9.17, 15) is 24.3 Å². The van der Waals surface area contributed by atoms with E-state index in [0.29, 0.717) is 18.4 Å². The van der Waals surface area contributed by atoms with Crippen LogP contribution in [0.4, 0.5) is 4.79 Å². The molecule has 1 unspecified atom stereocenters. The highest BCUT2D eigenvalue weighted by atomic mass is 16.8. The summed E-state index contributed by atoms with van der Waals surface area (Å²) in [5.74, 6) is -2.81. The minimum Gasteiger partial charge on any atom is -0.477 e. The molecule has 0 aliphatic carbocycles. The molecule has 0 spiro atoms. The quantitative estimate of drug-likeness (QED) is 0.282. The molecule has 33 heavy (non-hydrogen) atoms. The van der Waals surface area contributed by atoms with E-state index in [0.717, 1.165) is 0 Å². The Kier molecular flexibility index (Phi) is 9.84. The minimum atomic E-state index is -2.17. The molecule has 0 aliphatic heterocycles. The predicted octanol–water partition coefficient (Wildman–Crippen LogP) is 3.59. The van der Waals surface area contributed by atoms with E-state index in [-0.39, 0.29) is 24.0 Å². The number of rotatable bonds is 11. The van der Waals surface area contributed by atoms with Gasteiger partial charge in [-0.1, -0.05) is 19.9 Å². The van der Waals surface area contributed by atoms with Gasteiger partial charge in [-0.15, -0.1) is 0 Å². The number of carbonyl (C=O) groups excluding carboxylic acids is 3. The summed E-state index contributed by atoms with van der Waals surface area (Å²) in [6.07, 6.45) is -0.428. The normalized spacial score (nSPS) is 13.9. The average Bonchev–Trinajstić information content (AvgIpc) is 2.68. The molecule has 0 radical (unpaired) electrons. The zero-order valence-electron chi connectivity index (χ0n) is 20.1. The second-order valence-electron chi connectivity index (χ2n) is 8.30. The van der Waals surface area contributed by atoms with E-state index in [1.165, 1.54) is 32.0 Å². The molecule has 0 fully saturated rings. The summed E-state index contributed by atoms with van der Waals surface area (Å²) in [6.45, 7) is 11.1. The van der Waals surface area contributed by atoms with E-state index in [4.69, 9.17) is 18.9 Å². The van der Waals surface area contributed by atoms with Gasteiger partial charge >= 0.3 is 24.1 Å². The van der Waals surface area contributed by atoms with Crippen LogP contribution in [0.25, 0.3) is 0 Å². The van der Waals surface area contributed by atoms with Crippen LogP contribution in [0.1, 0.15) is 66.9 Å². The van der Waals surface area contributed by atoms with Crippen LogP contribution in [0.15, 0.2) is 18.2 Å². The molecule has 1 rings (SSSR count). The molecular weight excluding hydrogens is 434 g/mol. The summed E-state index contributed by atoms with van der Waals surface area (Å²) < 4.78 is 20.8. The fourth-order valence-corrected chi connectivity index (χ4v) is 2.68. The standard InChI is InChI=1S/C23H33NO9/c1-8-14(3)24-23(20(27)28,33-21(29)32-22(6,7)9-2)13-17-10-11-18(30-15(4)25)19(12-17)31-16(5)26/h10-12,14,24H,8-9,13H2,1-7H3,(H,27,28)/t14?,23-/m0/s1. The highest BCUT2D eigenvalue weighted by Gasteiger charge is 2.45. The van der Waals surface area contributed by atoms with Crippen LogP contribution < -0.4 is 14.8 Å². The molecule has 0 aromatic heterocycles. The van der Waals surface area contributed by atoms with Crippen molar-refractivity contribution in [3.63, 3.8) is 0 Å². The van der Waals surface area contributed by atoms with Crippen molar-refractivity contribution >= 4 is 24.1 Å². The fourth-order valence-electron chi connectivity index (χ4n) is 2.68. The Morgan fingerprint density at radius 1 is 1.00 bits per heavy atom. The lowest BCUT2D eigenvalue weighted by atomic mass is 10.00. The van der Waals surface area contributed by atoms with Gasteiger partial charge in [-0.2, -0.15) is 0 Å². The van der Waals surface area contributed by atoms with E-state index in [2.05, 4.69) is 5.32 Å². The Bertz CT molecular complexity index is 881. The summed E-state index contributed by atoms with van der Waals surface area (Å²) in [6, 6.07) is 3.86. The monoisotopic (exact) mass is 467 g/mol. The molecule has 10 nitrogen and oxygen atoms in total. The van der Waals surface area contributed by atoms with E-state index in [1.807, 2.05) is 13.8 Å². The molecule has 2 N–H and O–H groups in total. The first-order valence-electron chi connectivity index (χ1n) is 10.7. The number of ether oxygens (including phenoxy) is 4. The van der Waals surface area contributed by atoms with E-state index < -0.39 is 35.4 Å². The number of hydrogen-bond donors (Lipinski definition) is 2. The summed E-state index contributed by atoms with van der Waals surface area (Å²) >= 11 is 0.